The molecule has 1 aromatic carbocycles. The third kappa shape index (κ3) is 7.14. The Morgan fingerprint density at radius 3 is 1.98 bits per heavy atom. The van der Waals surface area contributed by atoms with Crippen LogP contribution in [-0.4, -0.2) is 33.5 Å². The van der Waals surface area contributed by atoms with Gasteiger partial charge in [-0.15, -0.1) is 0 Å². The van der Waals surface area contributed by atoms with E-state index in [4.69, 9.17) is 4.74 Å². The highest BCUT2D eigenvalue weighted by Crippen LogP contribution is 2.67. The van der Waals surface area contributed by atoms with Gasteiger partial charge in [-0.3, -0.25) is 19.2 Å². The summed E-state index contributed by atoms with van der Waals surface area (Å²) in [6.45, 7) is 18.9. The zero-order valence-electron chi connectivity index (χ0n) is 29.8. The van der Waals surface area contributed by atoms with Crippen molar-refractivity contribution in [3.63, 3.8) is 0 Å². The van der Waals surface area contributed by atoms with Crippen LogP contribution in [0.4, 0.5) is 0 Å². The number of aliphatic hydroxyl groups is 1. The minimum absolute atomic E-state index is 0.0187. The molecule has 47 heavy (non-hydrogen) atoms. The Morgan fingerprint density at radius 2 is 1.43 bits per heavy atom. The second kappa shape index (κ2) is 14.4. The lowest BCUT2D eigenvalue weighted by molar-refractivity contribution is -0.178. The van der Waals surface area contributed by atoms with Crippen molar-refractivity contribution >= 4 is 29.1 Å². The van der Waals surface area contributed by atoms with Crippen LogP contribution in [-0.2, 0) is 19.2 Å². The molecule has 2 fully saturated rings. The molecule has 0 aromatic heterocycles. The topological polar surface area (TPSA) is 118 Å². The number of aromatic hydroxyl groups is 1. The van der Waals surface area contributed by atoms with Crippen molar-refractivity contribution in [1.29, 1.82) is 0 Å². The van der Waals surface area contributed by atoms with Crippen LogP contribution in [0.3, 0.4) is 0 Å². The van der Waals surface area contributed by atoms with Crippen LogP contribution in [0, 0.1) is 22.2 Å². The minimum Gasteiger partial charge on any atom is -0.506 e. The number of esters is 1. The van der Waals surface area contributed by atoms with Gasteiger partial charge in [0.25, 0.3) is 0 Å². The van der Waals surface area contributed by atoms with Gasteiger partial charge >= 0.3 is 5.97 Å². The number of carbonyl (C=O) groups is 4. The number of allylic oxidation sites excluding steroid dienone is 9. The van der Waals surface area contributed by atoms with E-state index in [0.717, 1.165) is 22.3 Å². The molecule has 3 rings (SSSR count). The molecule has 0 spiro atoms. The van der Waals surface area contributed by atoms with Crippen LogP contribution < -0.4 is 4.74 Å². The Labute approximate surface area is 280 Å². The van der Waals surface area contributed by atoms with Crippen LogP contribution in [0.5, 0.6) is 11.5 Å². The first-order valence-electron chi connectivity index (χ1n) is 16.5. The lowest BCUT2D eigenvalue weighted by atomic mass is 9.37. The lowest BCUT2D eigenvalue weighted by Crippen LogP contribution is -2.70. The molecule has 2 bridgehead atoms. The third-order valence-electron chi connectivity index (χ3n) is 10.00. The van der Waals surface area contributed by atoms with Crippen LogP contribution in [0.2, 0.25) is 0 Å². The van der Waals surface area contributed by atoms with Crippen LogP contribution in [0.1, 0.15) is 113 Å². The summed E-state index contributed by atoms with van der Waals surface area (Å²) in [7, 11) is 0. The molecule has 0 unspecified atom stereocenters. The predicted octanol–water partition coefficient (Wildman–Crippen LogP) is 9.12. The molecule has 254 valence electrons. The first kappa shape index (κ1) is 37.5. The van der Waals surface area contributed by atoms with Crippen molar-refractivity contribution in [2.24, 2.45) is 22.2 Å². The summed E-state index contributed by atoms with van der Waals surface area (Å²) < 4.78 is 5.12. The summed E-state index contributed by atoms with van der Waals surface area (Å²) in [6, 6.07) is 3.81. The van der Waals surface area contributed by atoms with Crippen molar-refractivity contribution in [1.82, 2.24) is 0 Å². The average Bonchev–Trinajstić information content (AvgIpc) is 2.96. The number of benzene rings is 1. The molecule has 7 heteroatoms. The number of aliphatic hydroxyl groups excluding tert-OH is 1. The number of phenolic OH excluding ortho intramolecular Hbond substituents is 1. The molecule has 0 amide bonds. The molecular formula is C40H52O7. The second-order valence-electron chi connectivity index (χ2n) is 14.6. The Morgan fingerprint density at radius 1 is 0.851 bits per heavy atom. The number of hydrogen-bond donors (Lipinski definition) is 2. The van der Waals surface area contributed by atoms with Gasteiger partial charge in [0, 0.05) is 12.5 Å². The number of carbonyl (C=O) groups excluding carboxylic acids is 4. The first-order chi connectivity index (χ1) is 21.8. The fourth-order valence-corrected chi connectivity index (χ4v) is 7.35. The van der Waals surface area contributed by atoms with Gasteiger partial charge in [-0.1, -0.05) is 53.5 Å². The van der Waals surface area contributed by atoms with E-state index in [1.807, 2.05) is 74.5 Å². The predicted molar refractivity (Wildman–Crippen MR) is 186 cm³/mol. The Kier molecular flexibility index (Phi) is 11.5. The van der Waals surface area contributed by atoms with Gasteiger partial charge in [0.2, 0.25) is 0 Å². The maximum absolute atomic E-state index is 15.3. The summed E-state index contributed by atoms with van der Waals surface area (Å²) in [5.41, 5.74) is -0.366. The fourth-order valence-electron chi connectivity index (χ4n) is 7.35. The maximum Gasteiger partial charge on any atom is 0.308 e. The molecule has 4 atom stereocenters. The number of ketones is 3. The van der Waals surface area contributed by atoms with E-state index in [2.05, 4.69) is 12.2 Å². The summed E-state index contributed by atoms with van der Waals surface area (Å²) >= 11 is 0. The van der Waals surface area contributed by atoms with Gasteiger partial charge in [-0.2, -0.15) is 0 Å². The molecule has 2 aliphatic carbocycles. The molecule has 2 saturated carbocycles. The number of phenols is 1. The third-order valence-corrected chi connectivity index (χ3v) is 10.00. The van der Waals surface area contributed by atoms with E-state index >= 15 is 9.59 Å². The van der Waals surface area contributed by atoms with Gasteiger partial charge in [-0.05, 0) is 123 Å². The molecule has 0 heterocycles. The number of ether oxygens (including phenoxy) is 1. The average molecular weight is 645 g/mol. The van der Waals surface area contributed by atoms with Crippen LogP contribution in [0.25, 0.3) is 5.76 Å². The van der Waals surface area contributed by atoms with Crippen LogP contribution in [0.15, 0.2) is 70.4 Å². The zero-order chi connectivity index (χ0) is 35.5. The molecule has 0 radical (unpaired) electrons. The molecule has 7 nitrogen and oxygen atoms in total. The summed E-state index contributed by atoms with van der Waals surface area (Å²) in [6.07, 6.45) is 10.3. The second-order valence-corrected chi connectivity index (χ2v) is 14.6. The highest BCUT2D eigenvalue weighted by Gasteiger charge is 2.74. The number of rotatable bonds is 11. The largest absolute Gasteiger partial charge is 0.506 e. The fraction of sp³-hybridized carbons (Fsp3) is 0.500. The highest BCUT2D eigenvalue weighted by molar-refractivity contribution is 6.41. The summed E-state index contributed by atoms with van der Waals surface area (Å²) in [4.78, 5) is 57.1. The quantitative estimate of drug-likeness (QED) is 0.0469. The van der Waals surface area contributed by atoms with Crippen molar-refractivity contribution in [2.75, 3.05) is 0 Å². The van der Waals surface area contributed by atoms with Crippen molar-refractivity contribution in [2.45, 2.75) is 108 Å². The van der Waals surface area contributed by atoms with Gasteiger partial charge in [-0.25, -0.2) is 0 Å². The zero-order valence-corrected chi connectivity index (χ0v) is 29.8. The SMILES string of the molecule is CC(=O)Oc1cc(/C(O)=C2/C(=O)[C@]3(CC=C(C)C)C[C@H](CC=C(C)C)[C@@](C)(CCC=C(C)C)[C@](CC=C(C)C)(C2=O)C3=O)ccc1O. The smallest absolute Gasteiger partial charge is 0.308 e. The molecular weight excluding hydrogens is 592 g/mol. The van der Waals surface area contributed by atoms with Gasteiger partial charge in [0.1, 0.15) is 16.7 Å². The van der Waals surface area contributed by atoms with E-state index in [-0.39, 0.29) is 48.0 Å². The van der Waals surface area contributed by atoms with E-state index in [1.54, 1.807) is 0 Å². The minimum atomic E-state index is -1.64. The van der Waals surface area contributed by atoms with Crippen molar-refractivity contribution in [3.8, 4) is 11.5 Å². The molecule has 0 aliphatic heterocycles. The van der Waals surface area contributed by atoms with Gasteiger partial charge in [0.15, 0.2) is 28.8 Å². The summed E-state index contributed by atoms with van der Waals surface area (Å²) in [5.74, 6) is -3.78. The van der Waals surface area contributed by atoms with E-state index in [9.17, 15) is 19.8 Å². The number of fused-ring (bicyclic) bond motifs is 2. The van der Waals surface area contributed by atoms with Crippen LogP contribution >= 0.6 is 0 Å². The standard InChI is InChI=1S/C40H52O7/c1-24(2)12-11-19-38(10)30(15-13-25(3)4)23-39(20-17-26(5)6)35(44)33(36(45)40(38,37(39)46)21-18-27(7)8)34(43)29-14-16-31(42)32(22-29)47-28(9)41/h12-14,16-18,22,30,42-43H,11,15,19-21,23H2,1-10H3/b34-33+/t30-,38+,39-,40+/m0/s1. The van der Waals surface area contributed by atoms with Crippen molar-refractivity contribution < 1.29 is 34.1 Å². The monoisotopic (exact) mass is 644 g/mol. The van der Waals surface area contributed by atoms with Crippen molar-refractivity contribution in [3.05, 3.63) is 75.9 Å². The molecule has 0 saturated heterocycles. The lowest BCUT2D eigenvalue weighted by Gasteiger charge is -2.61. The molecule has 1 aromatic rings. The Hall–Kier alpha value is -4.00. The van der Waals surface area contributed by atoms with E-state index < -0.39 is 45.1 Å². The summed E-state index contributed by atoms with van der Waals surface area (Å²) in [5, 5.41) is 22.2. The van der Waals surface area contributed by atoms with Gasteiger partial charge in [0.05, 0.1) is 5.41 Å². The number of hydrogen-bond acceptors (Lipinski definition) is 7. The van der Waals surface area contributed by atoms with E-state index in [0.29, 0.717) is 19.3 Å². The molecule has 2 aliphatic rings. The first-order valence-corrected chi connectivity index (χ1v) is 16.5. The Balaban J connectivity index is 2.51. The maximum atomic E-state index is 15.3. The van der Waals surface area contributed by atoms with E-state index in [1.165, 1.54) is 25.1 Å². The van der Waals surface area contributed by atoms with Gasteiger partial charge < -0.3 is 14.9 Å². The molecule has 2 N–H and O–H groups in total. The Bertz CT molecular complexity index is 1600. The normalized spacial score (nSPS) is 26.3. The number of Topliss-reactive ketones (excluding diaryl/α,β-unsaturated/α-hetero) is 3. The highest BCUT2D eigenvalue weighted by atomic mass is 16.5.